The highest BCUT2D eigenvalue weighted by atomic mass is 16.5. The number of fused-ring (bicyclic) bond motifs is 1. The molecule has 1 aromatic rings. The van der Waals surface area contributed by atoms with Crippen molar-refractivity contribution in [3.8, 4) is 0 Å². The van der Waals surface area contributed by atoms with Crippen LogP contribution in [0.3, 0.4) is 0 Å². The number of carbonyl (C=O) groups excluding carboxylic acids is 5. The Labute approximate surface area is 169 Å². The van der Waals surface area contributed by atoms with E-state index in [2.05, 4.69) is 16.0 Å². The van der Waals surface area contributed by atoms with Gasteiger partial charge in [-0.1, -0.05) is 6.07 Å². The SMILES string of the molecule is O=C(O)NCCOCC(=O)Nc1cccc2c1C(=O)N(C1CCC(=O)NC1=O)C2=O. The summed E-state index contributed by atoms with van der Waals surface area (Å²) in [5.41, 5.74) is 0.0695. The highest BCUT2D eigenvalue weighted by molar-refractivity contribution is 6.26. The van der Waals surface area contributed by atoms with Gasteiger partial charge >= 0.3 is 6.09 Å². The molecule has 1 aromatic carbocycles. The lowest BCUT2D eigenvalue weighted by atomic mass is 10.0. The van der Waals surface area contributed by atoms with Crippen LogP contribution >= 0.6 is 0 Å². The van der Waals surface area contributed by atoms with E-state index in [0.29, 0.717) is 0 Å². The number of benzene rings is 1. The van der Waals surface area contributed by atoms with Crippen LogP contribution < -0.4 is 16.0 Å². The fourth-order valence-corrected chi connectivity index (χ4v) is 3.20. The second-order valence-corrected chi connectivity index (χ2v) is 6.51. The Balaban J connectivity index is 1.69. The first-order valence-electron chi connectivity index (χ1n) is 8.98. The van der Waals surface area contributed by atoms with Crippen LogP contribution in [0.2, 0.25) is 0 Å². The maximum absolute atomic E-state index is 12.9. The van der Waals surface area contributed by atoms with Gasteiger partial charge in [-0.25, -0.2) is 4.79 Å². The average molecular weight is 418 g/mol. The Morgan fingerprint density at radius 3 is 2.67 bits per heavy atom. The highest BCUT2D eigenvalue weighted by Crippen LogP contribution is 2.32. The third-order valence-electron chi connectivity index (χ3n) is 4.50. The summed E-state index contributed by atoms with van der Waals surface area (Å²) < 4.78 is 5.04. The van der Waals surface area contributed by atoms with Crippen LogP contribution in [0.4, 0.5) is 10.5 Å². The number of carboxylic acid groups (broad SMARTS) is 1. The van der Waals surface area contributed by atoms with Gasteiger partial charge in [-0.15, -0.1) is 0 Å². The van der Waals surface area contributed by atoms with E-state index in [4.69, 9.17) is 9.84 Å². The van der Waals surface area contributed by atoms with Gasteiger partial charge in [0.2, 0.25) is 17.7 Å². The average Bonchev–Trinajstić information content (AvgIpc) is 2.93. The molecule has 1 unspecified atom stereocenters. The number of amides is 6. The number of carbonyl (C=O) groups is 6. The molecule has 1 saturated heterocycles. The summed E-state index contributed by atoms with van der Waals surface area (Å²) in [6.07, 6.45) is -1.19. The minimum absolute atomic E-state index is 0.00147. The fraction of sp³-hybridized carbons (Fsp3) is 0.333. The Kier molecular flexibility index (Phi) is 6.06. The normalized spacial score (nSPS) is 18.1. The molecule has 0 radical (unpaired) electrons. The lowest BCUT2D eigenvalue weighted by molar-refractivity contribution is -0.136. The zero-order chi connectivity index (χ0) is 21.8. The van der Waals surface area contributed by atoms with Crippen LogP contribution in [-0.2, 0) is 19.1 Å². The van der Waals surface area contributed by atoms with Crippen molar-refractivity contribution in [2.24, 2.45) is 0 Å². The number of imide groups is 2. The molecule has 0 aromatic heterocycles. The largest absolute Gasteiger partial charge is 0.465 e. The molecule has 3 rings (SSSR count). The predicted molar refractivity (Wildman–Crippen MR) is 98.6 cm³/mol. The van der Waals surface area contributed by atoms with Crippen LogP contribution in [0.1, 0.15) is 33.6 Å². The number of piperidine rings is 1. The Morgan fingerprint density at radius 1 is 1.20 bits per heavy atom. The molecule has 158 valence electrons. The maximum atomic E-state index is 12.9. The number of nitrogens with zero attached hydrogens (tertiary/aromatic N) is 1. The smallest absolute Gasteiger partial charge is 0.404 e. The lowest BCUT2D eigenvalue weighted by Gasteiger charge is -2.27. The van der Waals surface area contributed by atoms with Gasteiger partial charge in [0, 0.05) is 13.0 Å². The molecule has 0 spiro atoms. The minimum Gasteiger partial charge on any atom is -0.465 e. The molecule has 0 saturated carbocycles. The van der Waals surface area contributed by atoms with Crippen molar-refractivity contribution >= 4 is 41.3 Å². The van der Waals surface area contributed by atoms with E-state index in [-0.39, 0.29) is 42.8 Å². The molecular weight excluding hydrogens is 400 g/mol. The van der Waals surface area contributed by atoms with E-state index in [0.717, 1.165) is 4.90 Å². The van der Waals surface area contributed by atoms with Crippen molar-refractivity contribution in [3.63, 3.8) is 0 Å². The van der Waals surface area contributed by atoms with Crippen LogP contribution in [0.25, 0.3) is 0 Å². The molecule has 12 nitrogen and oxygen atoms in total. The molecule has 1 fully saturated rings. The van der Waals surface area contributed by atoms with Gasteiger partial charge in [0.15, 0.2) is 0 Å². The molecule has 2 aliphatic heterocycles. The number of anilines is 1. The van der Waals surface area contributed by atoms with E-state index < -0.39 is 48.3 Å². The quantitative estimate of drug-likeness (QED) is 0.333. The van der Waals surface area contributed by atoms with Crippen molar-refractivity contribution in [1.82, 2.24) is 15.5 Å². The second-order valence-electron chi connectivity index (χ2n) is 6.51. The first kappa shape index (κ1) is 20.9. The van der Waals surface area contributed by atoms with Gasteiger partial charge in [-0.3, -0.25) is 34.2 Å². The van der Waals surface area contributed by atoms with Gasteiger partial charge < -0.3 is 20.5 Å². The Morgan fingerprint density at radius 2 is 1.97 bits per heavy atom. The second kappa shape index (κ2) is 8.69. The van der Waals surface area contributed by atoms with Crippen LogP contribution in [0.5, 0.6) is 0 Å². The summed E-state index contributed by atoms with van der Waals surface area (Å²) in [6.45, 7) is -0.436. The van der Waals surface area contributed by atoms with Crippen LogP contribution in [0.15, 0.2) is 18.2 Å². The topological polar surface area (TPSA) is 171 Å². The van der Waals surface area contributed by atoms with Crippen LogP contribution in [-0.4, -0.2) is 71.4 Å². The third kappa shape index (κ3) is 4.27. The van der Waals surface area contributed by atoms with Crippen molar-refractivity contribution in [3.05, 3.63) is 29.3 Å². The fourth-order valence-electron chi connectivity index (χ4n) is 3.20. The monoisotopic (exact) mass is 418 g/mol. The first-order valence-corrected chi connectivity index (χ1v) is 8.98. The number of hydrogen-bond donors (Lipinski definition) is 4. The molecule has 0 bridgehead atoms. The van der Waals surface area contributed by atoms with E-state index in [9.17, 15) is 28.8 Å². The van der Waals surface area contributed by atoms with Crippen molar-refractivity contribution in [2.75, 3.05) is 25.1 Å². The molecular formula is C18H18N4O8. The minimum atomic E-state index is -1.22. The summed E-state index contributed by atoms with van der Waals surface area (Å²) in [5.74, 6) is -3.24. The van der Waals surface area contributed by atoms with Crippen molar-refractivity contribution in [1.29, 1.82) is 0 Å². The Bertz CT molecular complexity index is 944. The molecule has 2 heterocycles. The molecule has 0 aliphatic carbocycles. The van der Waals surface area contributed by atoms with Crippen molar-refractivity contribution in [2.45, 2.75) is 18.9 Å². The standard InChI is InChI=1S/C18H18N4O8/c23-12-5-4-11(15(25)21-12)22-16(26)9-2-1-3-10(14(9)17(22)27)20-13(24)8-30-7-6-19-18(28)29/h1-3,11,19H,4-8H2,(H,20,24)(H,28,29)(H,21,23,25). The number of hydrogen-bond acceptors (Lipinski definition) is 7. The summed E-state index contributed by atoms with van der Waals surface area (Å²) in [7, 11) is 0. The van der Waals surface area contributed by atoms with Gasteiger partial charge in [-0.2, -0.15) is 0 Å². The highest BCUT2D eigenvalue weighted by Gasteiger charge is 2.45. The molecule has 4 N–H and O–H groups in total. The van der Waals surface area contributed by atoms with Gasteiger partial charge in [-0.05, 0) is 18.6 Å². The predicted octanol–water partition coefficient (Wildman–Crippen LogP) is -0.689. The number of rotatable bonds is 7. The van der Waals surface area contributed by atoms with Gasteiger partial charge in [0.25, 0.3) is 11.8 Å². The van der Waals surface area contributed by atoms with E-state index in [1.54, 1.807) is 0 Å². The summed E-state index contributed by atoms with van der Waals surface area (Å²) in [5, 5.41) is 15.1. The summed E-state index contributed by atoms with van der Waals surface area (Å²) in [4.78, 5) is 72.3. The third-order valence-corrected chi connectivity index (χ3v) is 4.50. The number of ether oxygens (including phenoxy) is 1. The van der Waals surface area contributed by atoms with E-state index in [1.165, 1.54) is 18.2 Å². The van der Waals surface area contributed by atoms with Gasteiger partial charge in [0.05, 0.1) is 23.4 Å². The van der Waals surface area contributed by atoms with Crippen LogP contribution in [0, 0.1) is 0 Å². The molecule has 2 aliphatic rings. The maximum Gasteiger partial charge on any atom is 0.404 e. The summed E-state index contributed by atoms with van der Waals surface area (Å²) >= 11 is 0. The zero-order valence-corrected chi connectivity index (χ0v) is 15.6. The molecule has 30 heavy (non-hydrogen) atoms. The molecule has 1 atom stereocenters. The summed E-state index contributed by atoms with van der Waals surface area (Å²) in [6, 6.07) is 3.21. The molecule has 6 amide bonds. The zero-order valence-electron chi connectivity index (χ0n) is 15.6. The Hall–Kier alpha value is -3.80. The van der Waals surface area contributed by atoms with Gasteiger partial charge in [0.1, 0.15) is 12.6 Å². The molecule has 12 heteroatoms. The van der Waals surface area contributed by atoms with E-state index in [1.807, 2.05) is 0 Å². The van der Waals surface area contributed by atoms with Crippen molar-refractivity contribution < 1.29 is 38.6 Å². The lowest BCUT2D eigenvalue weighted by Crippen LogP contribution is -2.54. The van der Waals surface area contributed by atoms with E-state index >= 15 is 0 Å². The first-order chi connectivity index (χ1) is 14.3. The number of nitrogens with one attached hydrogen (secondary N) is 3.